The van der Waals surface area contributed by atoms with Crippen molar-refractivity contribution in [3.05, 3.63) is 29.3 Å². The molecule has 1 N–H and O–H groups in total. The van der Waals surface area contributed by atoms with Crippen molar-refractivity contribution < 1.29 is 18.0 Å². The first kappa shape index (κ1) is 14.2. The molecule has 112 valence electrons. The van der Waals surface area contributed by atoms with Crippen LogP contribution in [0.3, 0.4) is 0 Å². The predicted octanol–water partition coefficient (Wildman–Crippen LogP) is 0.672. The summed E-state index contributed by atoms with van der Waals surface area (Å²) in [4.78, 5) is 24.8. The molecular weight excluding hydrogens is 292 g/mol. The molecule has 1 aromatic rings. The quantitative estimate of drug-likeness (QED) is 0.832. The highest BCUT2D eigenvalue weighted by molar-refractivity contribution is 7.89. The lowest BCUT2D eigenvalue weighted by Crippen LogP contribution is -2.39. The van der Waals surface area contributed by atoms with E-state index in [1.807, 2.05) is 6.92 Å². The second kappa shape index (κ2) is 4.38. The SMILES string of the molecule is CN1C(=O)Cc2ccc(S(=O)(=O)NC3(C)CC3)cc2C1=O. The number of hydrogen-bond donors (Lipinski definition) is 1. The molecule has 1 saturated carbocycles. The largest absolute Gasteiger partial charge is 0.281 e. The molecule has 6 nitrogen and oxygen atoms in total. The number of nitrogens with one attached hydrogen (secondary N) is 1. The molecule has 0 unspecified atom stereocenters. The zero-order chi connectivity index (χ0) is 15.4. The highest BCUT2D eigenvalue weighted by Gasteiger charge is 2.41. The van der Waals surface area contributed by atoms with Gasteiger partial charge in [-0.15, -0.1) is 0 Å². The van der Waals surface area contributed by atoms with Gasteiger partial charge in [0, 0.05) is 18.2 Å². The van der Waals surface area contributed by atoms with Gasteiger partial charge in [0.1, 0.15) is 0 Å². The molecule has 0 radical (unpaired) electrons. The van der Waals surface area contributed by atoms with Crippen LogP contribution >= 0.6 is 0 Å². The number of imide groups is 1. The molecule has 1 heterocycles. The molecular formula is C14H16N2O4S. The monoisotopic (exact) mass is 308 g/mol. The van der Waals surface area contributed by atoms with Gasteiger partial charge in [0.05, 0.1) is 11.3 Å². The molecule has 2 amide bonds. The maximum absolute atomic E-state index is 12.3. The van der Waals surface area contributed by atoms with Gasteiger partial charge in [-0.3, -0.25) is 14.5 Å². The topological polar surface area (TPSA) is 83.6 Å². The summed E-state index contributed by atoms with van der Waals surface area (Å²) in [5.74, 6) is -0.748. The van der Waals surface area contributed by atoms with E-state index in [0.29, 0.717) is 5.56 Å². The number of carbonyl (C=O) groups is 2. The van der Waals surface area contributed by atoms with Crippen LogP contribution in [0.1, 0.15) is 35.7 Å². The van der Waals surface area contributed by atoms with Crippen molar-refractivity contribution in [2.45, 2.75) is 36.6 Å². The van der Waals surface area contributed by atoms with E-state index in [1.54, 1.807) is 6.07 Å². The minimum atomic E-state index is -3.65. The first-order valence-electron chi connectivity index (χ1n) is 6.70. The van der Waals surface area contributed by atoms with Gasteiger partial charge < -0.3 is 0 Å². The summed E-state index contributed by atoms with van der Waals surface area (Å²) in [5, 5.41) is 0. The zero-order valence-electron chi connectivity index (χ0n) is 11.8. The van der Waals surface area contributed by atoms with Crippen LogP contribution in [0.15, 0.2) is 23.1 Å². The fraction of sp³-hybridized carbons (Fsp3) is 0.429. The molecule has 0 aromatic heterocycles. The molecule has 1 aliphatic carbocycles. The second-order valence-corrected chi connectivity index (χ2v) is 7.60. The lowest BCUT2D eigenvalue weighted by atomic mass is 9.99. The highest BCUT2D eigenvalue weighted by atomic mass is 32.2. The average molecular weight is 308 g/mol. The molecule has 0 saturated heterocycles. The van der Waals surface area contributed by atoms with Crippen molar-refractivity contribution in [1.29, 1.82) is 0 Å². The Hall–Kier alpha value is -1.73. The number of carbonyl (C=O) groups excluding carboxylic acids is 2. The number of amides is 2. The van der Waals surface area contributed by atoms with E-state index in [0.717, 1.165) is 17.7 Å². The van der Waals surface area contributed by atoms with Crippen LogP contribution in [0.25, 0.3) is 0 Å². The number of sulfonamides is 1. The van der Waals surface area contributed by atoms with Crippen LogP contribution < -0.4 is 4.72 Å². The number of rotatable bonds is 3. The summed E-state index contributed by atoms with van der Waals surface area (Å²) in [7, 11) is -2.25. The van der Waals surface area contributed by atoms with Gasteiger partial charge in [-0.25, -0.2) is 13.1 Å². The summed E-state index contributed by atoms with van der Waals surface area (Å²) in [6.07, 6.45) is 1.74. The van der Waals surface area contributed by atoms with E-state index in [2.05, 4.69) is 4.72 Å². The van der Waals surface area contributed by atoms with Gasteiger partial charge in [0.25, 0.3) is 5.91 Å². The fourth-order valence-corrected chi connectivity index (χ4v) is 3.82. The van der Waals surface area contributed by atoms with Gasteiger partial charge in [-0.1, -0.05) is 6.07 Å². The Morgan fingerprint density at radius 2 is 1.90 bits per heavy atom. The maximum Gasteiger partial charge on any atom is 0.260 e. The Bertz CT molecular complexity index is 750. The Morgan fingerprint density at radius 1 is 1.24 bits per heavy atom. The number of nitrogens with zero attached hydrogens (tertiary/aromatic N) is 1. The molecule has 0 bridgehead atoms. The minimum Gasteiger partial charge on any atom is -0.281 e. The second-order valence-electron chi connectivity index (χ2n) is 5.92. The van der Waals surface area contributed by atoms with Gasteiger partial charge in [0.15, 0.2) is 0 Å². The summed E-state index contributed by atoms with van der Waals surface area (Å²) in [6, 6.07) is 4.34. The minimum absolute atomic E-state index is 0.0606. The Balaban J connectivity index is 2.00. The van der Waals surface area contributed by atoms with E-state index in [-0.39, 0.29) is 28.3 Å². The van der Waals surface area contributed by atoms with Crippen LogP contribution in [0, 0.1) is 0 Å². The third-order valence-electron chi connectivity index (χ3n) is 4.02. The number of hydrogen-bond acceptors (Lipinski definition) is 4. The smallest absolute Gasteiger partial charge is 0.260 e. The zero-order valence-corrected chi connectivity index (χ0v) is 12.7. The molecule has 1 aliphatic heterocycles. The molecule has 7 heteroatoms. The third-order valence-corrected chi connectivity index (χ3v) is 5.66. The number of fused-ring (bicyclic) bond motifs is 1. The third kappa shape index (κ3) is 2.47. The summed E-state index contributed by atoms with van der Waals surface area (Å²) < 4.78 is 27.3. The van der Waals surface area contributed by atoms with Gasteiger partial charge in [0.2, 0.25) is 15.9 Å². The van der Waals surface area contributed by atoms with Crippen molar-refractivity contribution in [2.75, 3.05) is 7.05 Å². The fourth-order valence-electron chi connectivity index (χ4n) is 2.32. The van der Waals surface area contributed by atoms with Crippen molar-refractivity contribution >= 4 is 21.8 Å². The standard InChI is InChI=1S/C14H16N2O4S/c1-14(5-6-14)15-21(19,20)10-4-3-9-7-12(17)16(2)13(18)11(9)8-10/h3-4,8,15H,5-7H2,1-2H3. The highest BCUT2D eigenvalue weighted by Crippen LogP contribution is 2.36. The predicted molar refractivity (Wildman–Crippen MR) is 75.2 cm³/mol. The molecule has 0 spiro atoms. The first-order chi connectivity index (χ1) is 9.72. The van der Waals surface area contributed by atoms with Gasteiger partial charge >= 0.3 is 0 Å². The van der Waals surface area contributed by atoms with E-state index in [1.165, 1.54) is 19.2 Å². The van der Waals surface area contributed by atoms with E-state index >= 15 is 0 Å². The number of benzene rings is 1. The summed E-state index contributed by atoms with van der Waals surface area (Å²) in [5.41, 5.74) is 0.478. The average Bonchev–Trinajstić information content (AvgIpc) is 3.12. The Morgan fingerprint density at radius 3 is 2.52 bits per heavy atom. The molecule has 3 rings (SSSR count). The van der Waals surface area contributed by atoms with Crippen molar-refractivity contribution in [2.24, 2.45) is 0 Å². The lowest BCUT2D eigenvalue weighted by molar-refractivity contribution is -0.127. The van der Waals surface area contributed by atoms with Crippen LogP contribution in [0.4, 0.5) is 0 Å². The Kier molecular flexibility index (Phi) is 2.97. The molecule has 1 fully saturated rings. The van der Waals surface area contributed by atoms with Crippen LogP contribution in [0.5, 0.6) is 0 Å². The van der Waals surface area contributed by atoms with Gasteiger partial charge in [-0.2, -0.15) is 0 Å². The van der Waals surface area contributed by atoms with Crippen LogP contribution in [-0.4, -0.2) is 37.7 Å². The Labute approximate surface area is 123 Å². The number of likely N-dealkylation sites (N-methyl/N-ethyl adjacent to an activating group) is 1. The normalized spacial score (nSPS) is 20.4. The lowest BCUT2D eigenvalue weighted by Gasteiger charge is -2.23. The first-order valence-corrected chi connectivity index (χ1v) is 8.18. The maximum atomic E-state index is 12.3. The van der Waals surface area contributed by atoms with Gasteiger partial charge in [-0.05, 0) is 37.5 Å². The molecule has 1 aromatic carbocycles. The van der Waals surface area contributed by atoms with E-state index in [9.17, 15) is 18.0 Å². The summed E-state index contributed by atoms with van der Waals surface area (Å²) >= 11 is 0. The summed E-state index contributed by atoms with van der Waals surface area (Å²) in [6.45, 7) is 1.85. The van der Waals surface area contributed by atoms with Crippen molar-refractivity contribution in [1.82, 2.24) is 9.62 Å². The van der Waals surface area contributed by atoms with Crippen LogP contribution in [0.2, 0.25) is 0 Å². The molecule has 0 atom stereocenters. The van der Waals surface area contributed by atoms with Crippen LogP contribution in [-0.2, 0) is 21.2 Å². The van der Waals surface area contributed by atoms with Crippen molar-refractivity contribution in [3.63, 3.8) is 0 Å². The van der Waals surface area contributed by atoms with Crippen molar-refractivity contribution in [3.8, 4) is 0 Å². The van der Waals surface area contributed by atoms with E-state index in [4.69, 9.17) is 0 Å². The molecule has 2 aliphatic rings. The van der Waals surface area contributed by atoms with E-state index < -0.39 is 15.9 Å². The molecule has 21 heavy (non-hydrogen) atoms.